The van der Waals surface area contributed by atoms with Crippen LogP contribution in [0.4, 0.5) is 0 Å². The van der Waals surface area contributed by atoms with Crippen molar-refractivity contribution < 1.29 is 9.53 Å². The lowest BCUT2D eigenvalue weighted by atomic mass is 10.2. The molecule has 0 aromatic rings. The van der Waals surface area contributed by atoms with Crippen molar-refractivity contribution in [2.24, 2.45) is 5.92 Å². The van der Waals surface area contributed by atoms with E-state index in [1.807, 2.05) is 0 Å². The molecular formula is C8H12O2. The van der Waals surface area contributed by atoms with Crippen molar-refractivity contribution in [3.63, 3.8) is 0 Å². The van der Waals surface area contributed by atoms with Gasteiger partial charge < -0.3 is 4.74 Å². The molecule has 1 fully saturated rings. The van der Waals surface area contributed by atoms with Crippen LogP contribution >= 0.6 is 0 Å². The molecule has 0 amide bonds. The lowest BCUT2D eigenvalue weighted by Crippen LogP contribution is -1.92. The fourth-order valence-corrected chi connectivity index (χ4v) is 1.02. The molecule has 1 aliphatic carbocycles. The first-order valence-electron chi connectivity index (χ1n) is 3.48. The van der Waals surface area contributed by atoms with Gasteiger partial charge >= 0.3 is 0 Å². The van der Waals surface area contributed by atoms with Crippen molar-refractivity contribution >= 4 is 6.47 Å². The standard InChI is InChI=1S/C8H12O2/c1-6(2)3-7-4-8(7)10-5-9/h3,5,7-8H,4H2,1-2H3. The van der Waals surface area contributed by atoms with E-state index in [-0.39, 0.29) is 6.10 Å². The summed E-state index contributed by atoms with van der Waals surface area (Å²) < 4.78 is 4.74. The first-order valence-corrected chi connectivity index (χ1v) is 3.48. The highest BCUT2D eigenvalue weighted by atomic mass is 16.5. The lowest BCUT2D eigenvalue weighted by Gasteiger charge is -1.91. The van der Waals surface area contributed by atoms with Crippen LogP contribution in [0.1, 0.15) is 20.3 Å². The van der Waals surface area contributed by atoms with Crippen molar-refractivity contribution in [3.05, 3.63) is 11.6 Å². The summed E-state index contributed by atoms with van der Waals surface area (Å²) >= 11 is 0. The van der Waals surface area contributed by atoms with Crippen LogP contribution in [0.5, 0.6) is 0 Å². The van der Waals surface area contributed by atoms with Gasteiger partial charge in [0.05, 0.1) is 0 Å². The van der Waals surface area contributed by atoms with E-state index >= 15 is 0 Å². The summed E-state index contributed by atoms with van der Waals surface area (Å²) in [6, 6.07) is 0. The molecule has 2 atom stereocenters. The predicted octanol–water partition coefficient (Wildman–Crippen LogP) is 1.51. The minimum Gasteiger partial charge on any atom is -0.464 e. The first-order chi connectivity index (χ1) is 4.74. The SMILES string of the molecule is CC(C)=CC1CC1OC=O. The van der Waals surface area contributed by atoms with E-state index in [1.54, 1.807) is 0 Å². The van der Waals surface area contributed by atoms with Gasteiger partial charge in [0.1, 0.15) is 6.10 Å². The van der Waals surface area contributed by atoms with Crippen LogP contribution in [-0.4, -0.2) is 12.6 Å². The predicted molar refractivity (Wildman–Crippen MR) is 38.5 cm³/mol. The van der Waals surface area contributed by atoms with E-state index < -0.39 is 0 Å². The fraction of sp³-hybridized carbons (Fsp3) is 0.625. The highest BCUT2D eigenvalue weighted by Crippen LogP contribution is 2.35. The number of ether oxygens (including phenoxy) is 1. The maximum absolute atomic E-state index is 9.84. The van der Waals surface area contributed by atoms with Gasteiger partial charge in [0, 0.05) is 5.92 Å². The molecule has 0 aromatic heterocycles. The Labute approximate surface area is 60.9 Å². The highest BCUT2D eigenvalue weighted by molar-refractivity contribution is 5.38. The first kappa shape index (κ1) is 7.32. The Hall–Kier alpha value is -0.790. The van der Waals surface area contributed by atoms with Crippen LogP contribution in [0.3, 0.4) is 0 Å². The van der Waals surface area contributed by atoms with E-state index in [0.717, 1.165) is 6.42 Å². The molecule has 0 bridgehead atoms. The average molecular weight is 140 g/mol. The monoisotopic (exact) mass is 140 g/mol. The number of carbonyl (C=O) groups is 1. The minimum absolute atomic E-state index is 0.174. The molecule has 10 heavy (non-hydrogen) atoms. The molecule has 2 nitrogen and oxygen atoms in total. The zero-order valence-electron chi connectivity index (χ0n) is 6.33. The van der Waals surface area contributed by atoms with E-state index in [9.17, 15) is 4.79 Å². The third-order valence-electron chi connectivity index (χ3n) is 1.56. The molecule has 0 spiro atoms. The summed E-state index contributed by atoms with van der Waals surface area (Å²) in [5, 5.41) is 0. The smallest absolute Gasteiger partial charge is 0.293 e. The Bertz CT molecular complexity index is 157. The molecule has 2 heteroatoms. The second-order valence-corrected chi connectivity index (χ2v) is 2.91. The van der Waals surface area contributed by atoms with Gasteiger partial charge in [0.15, 0.2) is 0 Å². The molecule has 0 radical (unpaired) electrons. The van der Waals surface area contributed by atoms with E-state index in [2.05, 4.69) is 19.9 Å². The van der Waals surface area contributed by atoms with E-state index in [0.29, 0.717) is 12.4 Å². The third kappa shape index (κ3) is 1.87. The Balaban J connectivity index is 2.25. The van der Waals surface area contributed by atoms with Gasteiger partial charge in [-0.1, -0.05) is 11.6 Å². The molecule has 0 N–H and O–H groups in total. The van der Waals surface area contributed by atoms with Crippen LogP contribution in [0.15, 0.2) is 11.6 Å². The summed E-state index contributed by atoms with van der Waals surface area (Å²) in [5.41, 5.74) is 1.29. The summed E-state index contributed by atoms with van der Waals surface area (Å²) in [6.07, 6.45) is 3.32. The van der Waals surface area contributed by atoms with Crippen molar-refractivity contribution in [2.45, 2.75) is 26.4 Å². The summed E-state index contributed by atoms with van der Waals surface area (Å²) in [4.78, 5) is 9.84. The molecule has 56 valence electrons. The Morgan fingerprint density at radius 3 is 2.80 bits per heavy atom. The number of hydrogen-bond donors (Lipinski definition) is 0. The van der Waals surface area contributed by atoms with Gasteiger partial charge in [0.2, 0.25) is 0 Å². The van der Waals surface area contributed by atoms with Crippen LogP contribution in [0.25, 0.3) is 0 Å². The average Bonchev–Trinajstić information content (AvgIpc) is 2.47. The highest BCUT2D eigenvalue weighted by Gasteiger charge is 2.36. The number of rotatable bonds is 3. The second-order valence-electron chi connectivity index (χ2n) is 2.91. The maximum atomic E-state index is 9.84. The van der Waals surface area contributed by atoms with Crippen LogP contribution in [0.2, 0.25) is 0 Å². The van der Waals surface area contributed by atoms with Gasteiger partial charge in [-0.3, -0.25) is 4.79 Å². The Morgan fingerprint density at radius 2 is 2.30 bits per heavy atom. The van der Waals surface area contributed by atoms with Gasteiger partial charge in [-0.05, 0) is 20.3 Å². The summed E-state index contributed by atoms with van der Waals surface area (Å²) in [7, 11) is 0. The number of carbonyl (C=O) groups excluding carboxylic acids is 1. The number of allylic oxidation sites excluding steroid dienone is 1. The topological polar surface area (TPSA) is 26.3 Å². The molecule has 1 rings (SSSR count). The van der Waals surface area contributed by atoms with E-state index in [1.165, 1.54) is 5.57 Å². The van der Waals surface area contributed by atoms with Crippen LogP contribution in [0, 0.1) is 5.92 Å². The zero-order valence-corrected chi connectivity index (χ0v) is 6.33. The quantitative estimate of drug-likeness (QED) is 0.439. The number of hydrogen-bond acceptors (Lipinski definition) is 2. The molecule has 1 saturated carbocycles. The molecular weight excluding hydrogens is 128 g/mol. The lowest BCUT2D eigenvalue weighted by molar-refractivity contribution is -0.130. The molecule has 0 aliphatic heterocycles. The van der Waals surface area contributed by atoms with Crippen molar-refractivity contribution in [3.8, 4) is 0 Å². The van der Waals surface area contributed by atoms with Crippen LogP contribution < -0.4 is 0 Å². The molecule has 0 saturated heterocycles. The Morgan fingerprint density at radius 1 is 1.60 bits per heavy atom. The van der Waals surface area contributed by atoms with Gasteiger partial charge in [-0.2, -0.15) is 0 Å². The van der Waals surface area contributed by atoms with Crippen molar-refractivity contribution in [2.75, 3.05) is 0 Å². The largest absolute Gasteiger partial charge is 0.464 e. The Kier molecular flexibility index (Phi) is 2.10. The van der Waals surface area contributed by atoms with E-state index in [4.69, 9.17) is 4.74 Å². The van der Waals surface area contributed by atoms with Gasteiger partial charge in [0.25, 0.3) is 6.47 Å². The van der Waals surface area contributed by atoms with Crippen molar-refractivity contribution in [1.82, 2.24) is 0 Å². The molecule has 0 heterocycles. The normalized spacial score (nSPS) is 29.0. The van der Waals surface area contributed by atoms with Crippen molar-refractivity contribution in [1.29, 1.82) is 0 Å². The summed E-state index contributed by atoms with van der Waals surface area (Å²) in [6.45, 7) is 4.64. The van der Waals surface area contributed by atoms with Crippen LogP contribution in [-0.2, 0) is 9.53 Å². The molecule has 0 aromatic carbocycles. The van der Waals surface area contributed by atoms with Gasteiger partial charge in [-0.25, -0.2) is 0 Å². The zero-order chi connectivity index (χ0) is 7.56. The summed E-state index contributed by atoms with van der Waals surface area (Å²) in [5.74, 6) is 0.496. The third-order valence-corrected chi connectivity index (χ3v) is 1.56. The fourth-order valence-electron chi connectivity index (χ4n) is 1.02. The van der Waals surface area contributed by atoms with Gasteiger partial charge in [-0.15, -0.1) is 0 Å². The second kappa shape index (κ2) is 2.86. The minimum atomic E-state index is 0.174. The molecule has 1 aliphatic rings. The maximum Gasteiger partial charge on any atom is 0.293 e. The molecule has 2 unspecified atom stereocenters.